The van der Waals surface area contributed by atoms with Gasteiger partial charge >= 0.3 is 30.1 Å². The number of allylic oxidation sites excluding steroid dienone is 5. The Morgan fingerprint density at radius 3 is 2.07 bits per heavy atom. The number of rotatable bonds is 12. The molecule has 12 nitrogen and oxygen atoms in total. The highest BCUT2D eigenvalue weighted by atomic mass is 16.6. The number of amides is 2. The fourth-order valence-corrected chi connectivity index (χ4v) is 13.0. The maximum Gasteiger partial charge on any atom is 0.407 e. The minimum atomic E-state index is -0.788. The smallest absolute Gasteiger partial charge is 0.407 e. The van der Waals surface area contributed by atoms with Crippen LogP contribution in [0.5, 0.6) is 0 Å². The zero-order valence-corrected chi connectivity index (χ0v) is 38.3. The number of hydrogen-bond acceptors (Lipinski definition) is 10. The van der Waals surface area contributed by atoms with Gasteiger partial charge in [0.15, 0.2) is 0 Å². The minimum absolute atomic E-state index is 0.0105. The van der Waals surface area contributed by atoms with Crippen molar-refractivity contribution in [1.82, 2.24) is 10.6 Å². The van der Waals surface area contributed by atoms with E-state index >= 15 is 0 Å². The van der Waals surface area contributed by atoms with Crippen molar-refractivity contribution in [1.29, 1.82) is 0 Å². The van der Waals surface area contributed by atoms with Crippen LogP contribution in [-0.4, -0.2) is 75.7 Å². The number of hydrogen-bond donors (Lipinski definition) is 2. The Labute approximate surface area is 364 Å². The molecular formula is C49H74N2O10. The lowest BCUT2D eigenvalue weighted by atomic mass is 9.33. The lowest BCUT2D eigenvalue weighted by Crippen LogP contribution is -2.66. The summed E-state index contributed by atoms with van der Waals surface area (Å²) in [4.78, 5) is 64.7. The lowest BCUT2D eigenvalue weighted by molar-refractivity contribution is -0.216. The van der Waals surface area contributed by atoms with Crippen LogP contribution in [0.3, 0.4) is 0 Å². The number of carbonyl (C=O) groups is 5. The Morgan fingerprint density at radius 2 is 1.43 bits per heavy atom. The Bertz CT molecular complexity index is 1750. The van der Waals surface area contributed by atoms with Crippen LogP contribution in [0.2, 0.25) is 0 Å². The van der Waals surface area contributed by atoms with Gasteiger partial charge in [-0.3, -0.25) is 14.4 Å². The maximum absolute atomic E-state index is 14.5. The molecule has 61 heavy (non-hydrogen) atoms. The predicted molar refractivity (Wildman–Crippen MR) is 233 cm³/mol. The van der Waals surface area contributed by atoms with Crippen molar-refractivity contribution in [2.75, 3.05) is 39.5 Å². The molecule has 0 aromatic rings. The standard InChI is InChI=1S/C47H70N2O10.C2H4/c1-9-55-37(50)27-48-40(53)58-30-44(6)34-18-21-46(8)35(43(34,5)20-19-36(44)59-41(54)49-28-38(51)56-10-2)17-16-32-33-26-42(3,4)22-24-47(33,25-23-45(32,46)7)39(52)57-29-31-14-12-11-13-15-31;1-2/h11-12,14,16,33-36H,9-10,13,15,17-30H2,1-8H3,(H,48,53)(H,49,54);1-2H2/t33-,34?,35?,36-,43-,44-,45+,46+,47-;/m0./s1. The molecule has 0 aliphatic heterocycles. The van der Waals surface area contributed by atoms with Crippen LogP contribution < -0.4 is 10.6 Å². The summed E-state index contributed by atoms with van der Waals surface area (Å²) in [6, 6.07) is 0. The first kappa shape index (κ1) is 48.0. The highest BCUT2D eigenvalue weighted by Gasteiger charge is 2.70. The van der Waals surface area contributed by atoms with E-state index in [0.717, 1.165) is 70.6 Å². The molecule has 2 unspecified atom stereocenters. The van der Waals surface area contributed by atoms with Crippen molar-refractivity contribution in [3.63, 3.8) is 0 Å². The van der Waals surface area contributed by atoms with Gasteiger partial charge in [-0.05, 0) is 136 Å². The van der Waals surface area contributed by atoms with Gasteiger partial charge in [-0.25, -0.2) is 9.59 Å². The van der Waals surface area contributed by atoms with E-state index in [2.05, 4.69) is 89.6 Å². The van der Waals surface area contributed by atoms with Crippen LogP contribution in [-0.2, 0) is 38.1 Å². The SMILES string of the molecule is C=C.CCOC(=O)CNC(=O)OC[C@@]1(C)C2CC[C@]3(C)C(CC=C4[C@@H]5CC(C)(C)CC[C@]5(C(=O)OCC5=CC=CCC5)CC[C@]43C)[C@@]2(C)CC[C@@H]1OC(=O)NCC(=O)OCC. The molecule has 12 heteroatoms. The largest absolute Gasteiger partial charge is 0.465 e. The molecule has 340 valence electrons. The highest BCUT2D eigenvalue weighted by molar-refractivity contribution is 5.79. The summed E-state index contributed by atoms with van der Waals surface area (Å²) in [7, 11) is 0. The van der Waals surface area contributed by atoms with Crippen LogP contribution >= 0.6 is 0 Å². The zero-order valence-electron chi connectivity index (χ0n) is 38.3. The number of esters is 3. The van der Waals surface area contributed by atoms with Crippen LogP contribution in [0.15, 0.2) is 48.6 Å². The first-order valence-corrected chi connectivity index (χ1v) is 22.8. The van der Waals surface area contributed by atoms with E-state index < -0.39 is 41.1 Å². The van der Waals surface area contributed by atoms with Crippen LogP contribution in [0, 0.1) is 50.2 Å². The fourth-order valence-electron chi connectivity index (χ4n) is 13.0. The molecule has 6 aliphatic rings. The van der Waals surface area contributed by atoms with Crippen LogP contribution in [0.25, 0.3) is 0 Å². The molecule has 0 bridgehead atoms. The molecule has 4 fully saturated rings. The molecule has 2 N–H and O–H groups in total. The topological polar surface area (TPSA) is 156 Å². The molecule has 4 saturated carbocycles. The monoisotopic (exact) mass is 851 g/mol. The van der Waals surface area contributed by atoms with Crippen molar-refractivity contribution >= 4 is 30.1 Å². The molecule has 6 rings (SSSR count). The van der Waals surface area contributed by atoms with E-state index in [0.29, 0.717) is 13.0 Å². The molecule has 0 spiro atoms. The van der Waals surface area contributed by atoms with Gasteiger partial charge < -0.3 is 34.3 Å². The molecule has 9 atom stereocenters. The van der Waals surface area contributed by atoms with Crippen molar-refractivity contribution in [2.45, 2.75) is 139 Å². The zero-order chi connectivity index (χ0) is 44.9. The van der Waals surface area contributed by atoms with E-state index in [1.807, 2.05) is 0 Å². The average molecular weight is 851 g/mol. The highest BCUT2D eigenvalue weighted by Crippen LogP contribution is 2.76. The van der Waals surface area contributed by atoms with E-state index in [-0.39, 0.29) is 78.3 Å². The summed E-state index contributed by atoms with van der Waals surface area (Å²) in [5, 5.41) is 5.05. The Hall–Kier alpha value is -4.09. The second-order valence-electron chi connectivity index (χ2n) is 20.1. The number of alkyl carbamates (subject to hydrolysis) is 2. The molecule has 0 aromatic carbocycles. The van der Waals surface area contributed by atoms with Gasteiger partial charge in [0.2, 0.25) is 0 Å². The fraction of sp³-hybridized carbons (Fsp3) is 0.735. The Kier molecular flexibility index (Phi) is 15.0. The quantitative estimate of drug-likeness (QED) is 0.110. The molecule has 6 aliphatic carbocycles. The van der Waals surface area contributed by atoms with Gasteiger partial charge in [-0.1, -0.05) is 71.4 Å². The van der Waals surface area contributed by atoms with Crippen molar-refractivity contribution in [3.05, 3.63) is 48.6 Å². The van der Waals surface area contributed by atoms with Crippen LogP contribution in [0.4, 0.5) is 9.59 Å². The van der Waals surface area contributed by atoms with Gasteiger partial charge in [0.05, 0.1) is 18.6 Å². The molecule has 0 saturated heterocycles. The minimum Gasteiger partial charge on any atom is -0.465 e. The predicted octanol–water partition coefficient (Wildman–Crippen LogP) is 9.34. The number of ether oxygens (including phenoxy) is 5. The first-order chi connectivity index (χ1) is 28.9. The van der Waals surface area contributed by atoms with E-state index in [1.54, 1.807) is 13.8 Å². The molecule has 0 aromatic heterocycles. The van der Waals surface area contributed by atoms with E-state index in [9.17, 15) is 24.0 Å². The summed E-state index contributed by atoms with van der Waals surface area (Å²) in [5.41, 5.74) is 1.000. The summed E-state index contributed by atoms with van der Waals surface area (Å²) < 4.78 is 28.2. The Morgan fingerprint density at radius 1 is 0.770 bits per heavy atom. The molecule has 0 heterocycles. The third kappa shape index (κ3) is 9.34. The summed E-state index contributed by atoms with van der Waals surface area (Å²) in [6.45, 7) is 23.6. The first-order valence-electron chi connectivity index (χ1n) is 22.8. The lowest BCUT2D eigenvalue weighted by Gasteiger charge is -2.71. The average Bonchev–Trinajstić information content (AvgIpc) is 3.23. The summed E-state index contributed by atoms with van der Waals surface area (Å²) in [6.07, 6.45) is 17.1. The maximum atomic E-state index is 14.5. The number of fused-ring (bicyclic) bond motifs is 7. The third-order valence-corrected chi connectivity index (χ3v) is 16.4. The Balaban J connectivity index is 0.00000347. The number of nitrogens with one attached hydrogen (secondary N) is 2. The van der Waals surface area contributed by atoms with Crippen molar-refractivity contribution < 1.29 is 47.7 Å². The van der Waals surface area contributed by atoms with Crippen molar-refractivity contribution in [2.24, 2.45) is 50.2 Å². The van der Waals surface area contributed by atoms with Crippen LogP contribution in [0.1, 0.15) is 132 Å². The summed E-state index contributed by atoms with van der Waals surface area (Å²) in [5.74, 6) is -0.737. The van der Waals surface area contributed by atoms with Gasteiger partial charge in [-0.2, -0.15) is 0 Å². The van der Waals surface area contributed by atoms with Gasteiger partial charge in [0.25, 0.3) is 0 Å². The molecular weight excluding hydrogens is 777 g/mol. The van der Waals surface area contributed by atoms with Crippen molar-refractivity contribution in [3.8, 4) is 0 Å². The van der Waals surface area contributed by atoms with Gasteiger partial charge in [-0.15, -0.1) is 13.2 Å². The van der Waals surface area contributed by atoms with Gasteiger partial charge in [0.1, 0.15) is 32.4 Å². The molecule has 0 radical (unpaired) electrons. The number of carbonyl (C=O) groups excluding carboxylic acids is 5. The third-order valence-electron chi connectivity index (χ3n) is 16.4. The molecule has 2 amide bonds. The van der Waals surface area contributed by atoms with E-state index in [4.69, 9.17) is 23.7 Å². The summed E-state index contributed by atoms with van der Waals surface area (Å²) >= 11 is 0. The van der Waals surface area contributed by atoms with Gasteiger partial charge in [0, 0.05) is 5.41 Å². The second-order valence-corrected chi connectivity index (χ2v) is 20.1. The van der Waals surface area contributed by atoms with E-state index in [1.165, 1.54) is 11.1 Å². The second kappa shape index (κ2) is 19.1. The normalized spacial score (nSPS) is 35.5.